The van der Waals surface area contributed by atoms with Crippen LogP contribution >= 0.6 is 23.2 Å². The Bertz CT molecular complexity index is 1370. The third-order valence-corrected chi connectivity index (χ3v) is 7.17. The third kappa shape index (κ3) is 7.24. The van der Waals surface area contributed by atoms with Crippen LogP contribution in [0.5, 0.6) is 11.6 Å². The second kappa shape index (κ2) is 12.5. The highest BCUT2D eigenvalue weighted by Crippen LogP contribution is 2.34. The van der Waals surface area contributed by atoms with Gasteiger partial charge in [0.05, 0.1) is 25.3 Å². The molecule has 0 saturated carbocycles. The molecule has 8 nitrogen and oxygen atoms in total. The Hall–Kier alpha value is -3.33. The smallest absolute Gasteiger partial charge is 0.410 e. The first kappa shape index (κ1) is 29.6. The number of fused-ring (bicyclic) bond motifs is 1. The zero-order valence-electron chi connectivity index (χ0n) is 22.8. The van der Waals surface area contributed by atoms with Crippen LogP contribution in [0.25, 0.3) is 0 Å². The molecule has 2 atom stereocenters. The number of carbonyl (C=O) groups is 2. The highest BCUT2D eigenvalue weighted by molar-refractivity contribution is 6.34. The van der Waals surface area contributed by atoms with Crippen LogP contribution in [0, 0.1) is 0 Å². The summed E-state index contributed by atoms with van der Waals surface area (Å²) in [6.45, 7) is 5.50. The summed E-state index contributed by atoms with van der Waals surface area (Å²) in [5.74, 6) is -0.0206. The number of aromatic nitrogens is 1. The molecule has 3 aromatic rings. The van der Waals surface area contributed by atoms with Gasteiger partial charge in [-0.3, -0.25) is 0 Å². The summed E-state index contributed by atoms with van der Waals surface area (Å²) in [6, 6.07) is 13.8. The largest absolute Gasteiger partial charge is 0.465 e. The summed E-state index contributed by atoms with van der Waals surface area (Å²) in [5.41, 5.74) is 2.24. The second-order valence-corrected chi connectivity index (χ2v) is 11.4. The van der Waals surface area contributed by atoms with Crippen LogP contribution in [0.2, 0.25) is 10.0 Å². The molecule has 10 heteroatoms. The molecule has 1 heterocycles. The molecule has 1 aliphatic rings. The number of carbonyl (C=O) groups excluding carboxylic acids is 2. The van der Waals surface area contributed by atoms with Crippen molar-refractivity contribution in [2.24, 2.45) is 0 Å². The van der Waals surface area contributed by atoms with Gasteiger partial charge in [-0.05, 0) is 87.1 Å². The van der Waals surface area contributed by atoms with Crippen LogP contribution < -0.4 is 4.74 Å². The van der Waals surface area contributed by atoms with Crippen molar-refractivity contribution < 1.29 is 28.9 Å². The Kier molecular flexibility index (Phi) is 9.23. The van der Waals surface area contributed by atoms with Crippen molar-refractivity contribution in [1.82, 2.24) is 9.88 Å². The number of aryl methyl sites for hydroxylation is 1. The van der Waals surface area contributed by atoms with Crippen LogP contribution in [0.3, 0.4) is 0 Å². The van der Waals surface area contributed by atoms with Gasteiger partial charge in [0.2, 0.25) is 5.88 Å². The topological polar surface area (TPSA) is 98.2 Å². The van der Waals surface area contributed by atoms with E-state index in [1.165, 1.54) is 19.4 Å². The van der Waals surface area contributed by atoms with Crippen molar-refractivity contribution in [1.29, 1.82) is 0 Å². The van der Waals surface area contributed by atoms with Gasteiger partial charge < -0.3 is 24.2 Å². The molecule has 1 N–H and O–H groups in total. The molecule has 1 aliphatic carbocycles. The fourth-order valence-electron chi connectivity index (χ4n) is 4.59. The van der Waals surface area contributed by atoms with Crippen LogP contribution in [-0.4, -0.2) is 52.4 Å². The maximum absolute atomic E-state index is 13.3. The molecular formula is C30H32Cl2N2O6. The van der Waals surface area contributed by atoms with Gasteiger partial charge in [0.15, 0.2) is 0 Å². The number of amides is 1. The number of nitrogens with zero attached hydrogens (tertiary/aromatic N) is 2. The molecule has 0 bridgehead atoms. The Morgan fingerprint density at radius 3 is 2.50 bits per heavy atom. The molecule has 0 aliphatic heterocycles. The van der Waals surface area contributed by atoms with Gasteiger partial charge in [-0.2, -0.15) is 0 Å². The van der Waals surface area contributed by atoms with Gasteiger partial charge in [0, 0.05) is 17.3 Å². The summed E-state index contributed by atoms with van der Waals surface area (Å²) in [4.78, 5) is 31.1. The summed E-state index contributed by atoms with van der Waals surface area (Å²) >= 11 is 12.4. The van der Waals surface area contributed by atoms with E-state index in [-0.39, 0.29) is 29.1 Å². The standard InChI is InChI=1S/C30H32Cl2N2O6/c1-30(2,3)40-29(37)34(17-25(35)19-5-9-21(31)10-6-19)22-11-7-18-8-12-23(16-20(18)15-22)39-27-26(32)24(13-14-33-27)28(36)38-4/h5-6,8-10,12-14,16,22,25,35H,7,11,15,17H2,1-4H3/t22-,25+/m0/s1. The maximum Gasteiger partial charge on any atom is 0.410 e. The number of hydrogen-bond donors (Lipinski definition) is 1. The van der Waals surface area contributed by atoms with Gasteiger partial charge in [-0.15, -0.1) is 0 Å². The van der Waals surface area contributed by atoms with Gasteiger partial charge in [0.25, 0.3) is 0 Å². The lowest BCUT2D eigenvalue weighted by Gasteiger charge is -2.37. The van der Waals surface area contributed by atoms with E-state index in [1.54, 1.807) is 29.2 Å². The average molecular weight is 588 g/mol. The summed E-state index contributed by atoms with van der Waals surface area (Å²) in [6.07, 6.45) is 1.98. The molecule has 0 saturated heterocycles. The zero-order chi connectivity index (χ0) is 29.0. The van der Waals surface area contributed by atoms with E-state index < -0.39 is 23.8 Å². The Morgan fingerprint density at radius 2 is 1.82 bits per heavy atom. The molecule has 2 aromatic carbocycles. The molecule has 0 unspecified atom stereocenters. The number of methoxy groups -OCH3 is 1. The summed E-state index contributed by atoms with van der Waals surface area (Å²) < 4.78 is 16.4. The number of pyridine rings is 1. The molecule has 0 fully saturated rings. The number of hydrogen-bond acceptors (Lipinski definition) is 7. The van der Waals surface area contributed by atoms with E-state index in [0.29, 0.717) is 29.2 Å². The van der Waals surface area contributed by atoms with Gasteiger partial charge >= 0.3 is 12.1 Å². The monoisotopic (exact) mass is 586 g/mol. The van der Waals surface area contributed by atoms with E-state index in [4.69, 9.17) is 37.4 Å². The van der Waals surface area contributed by atoms with E-state index >= 15 is 0 Å². The fraction of sp³-hybridized carbons (Fsp3) is 0.367. The lowest BCUT2D eigenvalue weighted by atomic mass is 9.87. The van der Waals surface area contributed by atoms with E-state index in [9.17, 15) is 14.7 Å². The first-order chi connectivity index (χ1) is 18.9. The molecule has 4 rings (SSSR count). The normalized spacial score (nSPS) is 15.5. The number of esters is 1. The van der Waals surface area contributed by atoms with Crippen molar-refractivity contribution in [2.75, 3.05) is 13.7 Å². The van der Waals surface area contributed by atoms with E-state index in [0.717, 1.165) is 17.5 Å². The zero-order valence-corrected chi connectivity index (χ0v) is 24.3. The molecule has 212 valence electrons. The fourth-order valence-corrected chi connectivity index (χ4v) is 4.94. The highest BCUT2D eigenvalue weighted by atomic mass is 35.5. The summed E-state index contributed by atoms with van der Waals surface area (Å²) in [7, 11) is 1.27. The van der Waals surface area contributed by atoms with E-state index in [2.05, 4.69) is 4.98 Å². The van der Waals surface area contributed by atoms with Crippen molar-refractivity contribution >= 4 is 35.3 Å². The third-order valence-electron chi connectivity index (χ3n) is 6.55. The quantitative estimate of drug-likeness (QED) is 0.304. The Morgan fingerprint density at radius 1 is 1.10 bits per heavy atom. The van der Waals surface area contributed by atoms with Gasteiger partial charge in [-0.25, -0.2) is 14.6 Å². The van der Waals surface area contributed by atoms with Crippen LogP contribution in [0.15, 0.2) is 54.7 Å². The predicted molar refractivity (Wildman–Crippen MR) is 152 cm³/mol. The minimum absolute atomic E-state index is 0.0530. The number of ether oxygens (including phenoxy) is 3. The van der Waals surface area contributed by atoms with Gasteiger partial charge in [0.1, 0.15) is 16.4 Å². The number of halogens is 2. The number of benzene rings is 2. The lowest BCUT2D eigenvalue weighted by molar-refractivity contribution is 0.00194. The number of aliphatic hydroxyl groups excluding tert-OH is 1. The maximum atomic E-state index is 13.3. The minimum atomic E-state index is -0.920. The predicted octanol–water partition coefficient (Wildman–Crippen LogP) is 6.80. The lowest BCUT2D eigenvalue weighted by Crippen LogP contribution is -2.47. The van der Waals surface area contributed by atoms with Crippen molar-refractivity contribution in [3.63, 3.8) is 0 Å². The van der Waals surface area contributed by atoms with Crippen LogP contribution in [0.4, 0.5) is 4.79 Å². The Labute approximate surface area is 243 Å². The first-order valence-electron chi connectivity index (χ1n) is 12.9. The van der Waals surface area contributed by atoms with E-state index in [1.807, 2.05) is 39.0 Å². The summed E-state index contributed by atoms with van der Waals surface area (Å²) in [5, 5.41) is 11.6. The molecule has 40 heavy (non-hydrogen) atoms. The van der Waals surface area contributed by atoms with Crippen molar-refractivity contribution in [3.8, 4) is 11.6 Å². The molecule has 0 spiro atoms. The first-order valence-corrected chi connectivity index (χ1v) is 13.7. The van der Waals surface area contributed by atoms with Crippen molar-refractivity contribution in [2.45, 2.75) is 57.8 Å². The highest BCUT2D eigenvalue weighted by Gasteiger charge is 2.33. The second-order valence-electron chi connectivity index (χ2n) is 10.6. The molecule has 1 amide bonds. The van der Waals surface area contributed by atoms with Crippen LogP contribution in [0.1, 0.15) is 60.3 Å². The van der Waals surface area contributed by atoms with Crippen molar-refractivity contribution in [3.05, 3.63) is 87.0 Å². The minimum Gasteiger partial charge on any atom is -0.465 e. The molecular weight excluding hydrogens is 555 g/mol. The SMILES string of the molecule is COC(=O)c1ccnc(Oc2ccc3c(c2)C[C@@H](N(C[C@@H](O)c2ccc(Cl)cc2)C(=O)OC(C)(C)C)CC3)c1Cl. The van der Waals surface area contributed by atoms with Crippen LogP contribution in [-0.2, 0) is 22.3 Å². The number of aliphatic hydroxyl groups is 1. The molecule has 0 radical (unpaired) electrons. The Balaban J connectivity index is 1.57. The average Bonchev–Trinajstić information content (AvgIpc) is 2.91. The number of rotatable bonds is 7. The molecule has 1 aromatic heterocycles. The van der Waals surface area contributed by atoms with Gasteiger partial charge in [-0.1, -0.05) is 41.4 Å².